The van der Waals surface area contributed by atoms with Crippen molar-refractivity contribution in [2.45, 2.75) is 18.9 Å². The number of nitrogens with two attached hydrogens (primary N) is 1. The van der Waals surface area contributed by atoms with E-state index in [1.807, 2.05) is 9.80 Å². The summed E-state index contributed by atoms with van der Waals surface area (Å²) in [5.74, 6) is 2.21. The van der Waals surface area contributed by atoms with Crippen LogP contribution in [0.15, 0.2) is 12.1 Å². The number of hydrogen-bond acceptors (Lipinski definition) is 8. The van der Waals surface area contributed by atoms with Crippen LogP contribution in [0.2, 0.25) is 0 Å². The summed E-state index contributed by atoms with van der Waals surface area (Å²) in [5.41, 5.74) is 6.87. The Morgan fingerprint density at radius 3 is 2.50 bits per heavy atom. The molecule has 0 radical (unpaired) electrons. The molecule has 0 unspecified atom stereocenters. The fraction of sp³-hybridized carbons (Fsp3) is 0.526. The first kappa shape index (κ1) is 18.5. The number of fused-ring (bicyclic) bond motifs is 1. The average Bonchev–Trinajstić information content (AvgIpc) is 3.27. The zero-order valence-electron chi connectivity index (χ0n) is 16.2. The maximum absolute atomic E-state index is 12.5. The largest absolute Gasteiger partial charge is 0.493 e. The first-order valence-electron chi connectivity index (χ1n) is 9.45. The van der Waals surface area contributed by atoms with Crippen molar-refractivity contribution >= 4 is 28.6 Å². The molecule has 150 valence electrons. The van der Waals surface area contributed by atoms with Crippen LogP contribution in [0.3, 0.4) is 0 Å². The van der Waals surface area contributed by atoms with Gasteiger partial charge in [-0.05, 0) is 18.9 Å². The van der Waals surface area contributed by atoms with E-state index in [1.165, 1.54) is 0 Å². The number of carbonyl (C=O) groups is 1. The maximum atomic E-state index is 12.5. The number of benzene rings is 1. The van der Waals surface area contributed by atoms with Gasteiger partial charge in [0, 0.05) is 44.2 Å². The van der Waals surface area contributed by atoms with Gasteiger partial charge in [0.2, 0.25) is 5.95 Å². The van der Waals surface area contributed by atoms with Gasteiger partial charge in [0.25, 0.3) is 5.91 Å². The molecule has 2 aliphatic heterocycles. The first-order chi connectivity index (χ1) is 13.6. The lowest BCUT2D eigenvalue weighted by Gasteiger charge is -2.35. The zero-order valence-corrected chi connectivity index (χ0v) is 16.2. The van der Waals surface area contributed by atoms with E-state index in [-0.39, 0.29) is 12.0 Å². The van der Waals surface area contributed by atoms with Crippen LogP contribution in [0.5, 0.6) is 11.5 Å². The van der Waals surface area contributed by atoms with Crippen molar-refractivity contribution < 1.29 is 19.0 Å². The Bertz CT molecular complexity index is 876. The van der Waals surface area contributed by atoms with E-state index in [1.54, 1.807) is 26.4 Å². The predicted octanol–water partition coefficient (Wildman–Crippen LogP) is 1.06. The molecule has 1 amide bonds. The molecule has 4 rings (SSSR count). The standard InChI is InChI=1S/C19H25N5O4/c1-26-15-10-12-13(11-16(15)27-2)21-19(22-17(12)20)24-7-5-23(6-8-24)18(25)14-4-3-9-28-14/h10-11,14H,3-9H2,1-2H3,(H2,20,21,22)/t14-/m1/s1. The minimum atomic E-state index is -0.276. The average molecular weight is 387 g/mol. The second-order valence-corrected chi connectivity index (χ2v) is 6.95. The molecular formula is C19H25N5O4. The molecule has 0 aliphatic carbocycles. The van der Waals surface area contributed by atoms with E-state index < -0.39 is 0 Å². The highest BCUT2D eigenvalue weighted by atomic mass is 16.5. The van der Waals surface area contributed by atoms with E-state index in [0.29, 0.717) is 67.0 Å². The molecule has 0 spiro atoms. The number of anilines is 2. The maximum Gasteiger partial charge on any atom is 0.251 e. The van der Waals surface area contributed by atoms with Crippen molar-refractivity contribution in [2.24, 2.45) is 0 Å². The second kappa shape index (κ2) is 7.67. The molecule has 3 heterocycles. The third kappa shape index (κ3) is 3.37. The van der Waals surface area contributed by atoms with Crippen LogP contribution < -0.4 is 20.1 Å². The highest BCUT2D eigenvalue weighted by Crippen LogP contribution is 2.34. The van der Waals surface area contributed by atoms with Crippen LogP contribution in [-0.2, 0) is 9.53 Å². The number of hydrogen-bond donors (Lipinski definition) is 1. The van der Waals surface area contributed by atoms with Gasteiger partial charge < -0.3 is 29.7 Å². The van der Waals surface area contributed by atoms with Gasteiger partial charge in [0.1, 0.15) is 11.9 Å². The monoisotopic (exact) mass is 387 g/mol. The van der Waals surface area contributed by atoms with Crippen LogP contribution >= 0.6 is 0 Å². The van der Waals surface area contributed by atoms with Gasteiger partial charge >= 0.3 is 0 Å². The Morgan fingerprint density at radius 2 is 1.86 bits per heavy atom. The van der Waals surface area contributed by atoms with Gasteiger partial charge in [-0.3, -0.25) is 4.79 Å². The molecule has 9 nitrogen and oxygen atoms in total. The minimum Gasteiger partial charge on any atom is -0.493 e. The van der Waals surface area contributed by atoms with Crippen LogP contribution in [-0.4, -0.2) is 73.9 Å². The molecule has 2 N–H and O–H groups in total. The number of rotatable bonds is 4. The van der Waals surface area contributed by atoms with Crippen molar-refractivity contribution in [3.63, 3.8) is 0 Å². The Morgan fingerprint density at radius 1 is 1.14 bits per heavy atom. The third-order valence-electron chi connectivity index (χ3n) is 5.30. The van der Waals surface area contributed by atoms with Gasteiger partial charge in [-0.15, -0.1) is 0 Å². The summed E-state index contributed by atoms with van der Waals surface area (Å²) in [7, 11) is 3.16. The van der Waals surface area contributed by atoms with Crippen molar-refractivity contribution in [1.29, 1.82) is 0 Å². The zero-order chi connectivity index (χ0) is 19.7. The Kier molecular flexibility index (Phi) is 5.08. The van der Waals surface area contributed by atoms with Crippen molar-refractivity contribution in [3.05, 3.63) is 12.1 Å². The van der Waals surface area contributed by atoms with Crippen LogP contribution in [0.4, 0.5) is 11.8 Å². The molecule has 28 heavy (non-hydrogen) atoms. The summed E-state index contributed by atoms with van der Waals surface area (Å²) in [6.07, 6.45) is 1.49. The first-order valence-corrected chi connectivity index (χ1v) is 9.45. The van der Waals surface area contributed by atoms with Crippen LogP contribution in [0.25, 0.3) is 10.9 Å². The number of amides is 1. The number of aromatic nitrogens is 2. The van der Waals surface area contributed by atoms with Crippen molar-refractivity contribution in [3.8, 4) is 11.5 Å². The highest BCUT2D eigenvalue weighted by Gasteiger charge is 2.31. The molecular weight excluding hydrogens is 362 g/mol. The van der Waals surface area contributed by atoms with Gasteiger partial charge in [-0.2, -0.15) is 4.98 Å². The van der Waals surface area contributed by atoms with E-state index >= 15 is 0 Å². The number of ether oxygens (including phenoxy) is 3. The number of piperazine rings is 1. The lowest BCUT2D eigenvalue weighted by Crippen LogP contribution is -2.51. The summed E-state index contributed by atoms with van der Waals surface area (Å²) in [6.45, 7) is 3.21. The predicted molar refractivity (Wildman–Crippen MR) is 105 cm³/mol. The van der Waals surface area contributed by atoms with E-state index in [0.717, 1.165) is 12.8 Å². The molecule has 1 aromatic carbocycles. The van der Waals surface area contributed by atoms with E-state index in [4.69, 9.17) is 19.9 Å². The fourth-order valence-electron chi connectivity index (χ4n) is 3.71. The van der Waals surface area contributed by atoms with Gasteiger partial charge in [-0.25, -0.2) is 4.98 Å². The van der Waals surface area contributed by atoms with Gasteiger partial charge in [0.05, 0.1) is 19.7 Å². The number of nitrogen functional groups attached to an aromatic ring is 1. The second-order valence-electron chi connectivity index (χ2n) is 6.95. The summed E-state index contributed by atoms with van der Waals surface area (Å²) >= 11 is 0. The molecule has 0 bridgehead atoms. The summed E-state index contributed by atoms with van der Waals surface area (Å²) in [4.78, 5) is 25.6. The Hall–Kier alpha value is -2.81. The van der Waals surface area contributed by atoms with Crippen molar-refractivity contribution in [2.75, 3.05) is 57.6 Å². The van der Waals surface area contributed by atoms with Gasteiger partial charge in [0.15, 0.2) is 11.5 Å². The number of carbonyl (C=O) groups excluding carboxylic acids is 1. The Labute approximate surface area is 163 Å². The van der Waals surface area contributed by atoms with Crippen LogP contribution in [0.1, 0.15) is 12.8 Å². The molecule has 1 atom stereocenters. The molecule has 0 saturated carbocycles. The van der Waals surface area contributed by atoms with Gasteiger partial charge in [-0.1, -0.05) is 0 Å². The van der Waals surface area contributed by atoms with E-state index in [2.05, 4.69) is 9.97 Å². The Balaban J connectivity index is 1.52. The van der Waals surface area contributed by atoms with Crippen molar-refractivity contribution in [1.82, 2.24) is 14.9 Å². The number of methoxy groups -OCH3 is 2. The van der Waals surface area contributed by atoms with Crippen LogP contribution in [0, 0.1) is 0 Å². The quantitative estimate of drug-likeness (QED) is 0.831. The lowest BCUT2D eigenvalue weighted by atomic mass is 10.2. The summed E-state index contributed by atoms with van der Waals surface area (Å²) in [5, 5.41) is 0.716. The minimum absolute atomic E-state index is 0.0907. The normalized spacial score (nSPS) is 19.9. The molecule has 9 heteroatoms. The molecule has 2 aliphatic rings. The summed E-state index contributed by atoms with van der Waals surface area (Å²) < 4.78 is 16.2. The van der Waals surface area contributed by atoms with E-state index in [9.17, 15) is 4.79 Å². The molecule has 2 saturated heterocycles. The lowest BCUT2D eigenvalue weighted by molar-refractivity contribution is -0.141. The topological polar surface area (TPSA) is 103 Å². The molecule has 1 aromatic heterocycles. The highest BCUT2D eigenvalue weighted by molar-refractivity contribution is 5.91. The SMILES string of the molecule is COc1cc2nc(N3CCN(C(=O)[C@H]4CCCO4)CC3)nc(N)c2cc1OC. The third-order valence-corrected chi connectivity index (χ3v) is 5.30. The number of nitrogens with zero attached hydrogens (tertiary/aromatic N) is 4. The fourth-order valence-corrected chi connectivity index (χ4v) is 3.71. The molecule has 2 aromatic rings. The summed E-state index contributed by atoms with van der Waals surface area (Å²) in [6, 6.07) is 3.58. The molecule has 2 fully saturated rings. The smallest absolute Gasteiger partial charge is 0.251 e.